The summed E-state index contributed by atoms with van der Waals surface area (Å²) in [6, 6.07) is 3.67. The molecule has 2 N–H and O–H groups in total. The molecule has 0 spiro atoms. The molecule has 1 aromatic rings. The molecule has 1 fully saturated rings. The number of halogens is 1. The van der Waals surface area contributed by atoms with Crippen LogP contribution in [0.25, 0.3) is 0 Å². The molecule has 1 aliphatic carbocycles. The van der Waals surface area contributed by atoms with Crippen molar-refractivity contribution in [2.75, 3.05) is 18.6 Å². The Morgan fingerprint density at radius 3 is 2.67 bits per heavy atom. The number of nitrogens with two attached hydrogens (primary N) is 1. The lowest BCUT2D eigenvalue weighted by atomic mass is 10.1. The first kappa shape index (κ1) is 15.8. The van der Waals surface area contributed by atoms with E-state index in [4.69, 9.17) is 5.73 Å². The summed E-state index contributed by atoms with van der Waals surface area (Å²) in [5.74, 6) is -1.36. The van der Waals surface area contributed by atoms with Crippen LogP contribution >= 0.6 is 0 Å². The molecule has 1 saturated carbocycles. The van der Waals surface area contributed by atoms with Gasteiger partial charge in [-0.1, -0.05) is 0 Å². The van der Waals surface area contributed by atoms with E-state index in [1.807, 2.05) is 0 Å². The van der Waals surface area contributed by atoms with Crippen LogP contribution in [0.5, 0.6) is 0 Å². The normalized spacial score (nSPS) is 16.5. The van der Waals surface area contributed by atoms with Crippen molar-refractivity contribution in [2.45, 2.75) is 25.0 Å². The van der Waals surface area contributed by atoms with E-state index in [0.29, 0.717) is 12.8 Å². The molecule has 0 radical (unpaired) electrons. The van der Waals surface area contributed by atoms with E-state index in [2.05, 4.69) is 4.74 Å². The summed E-state index contributed by atoms with van der Waals surface area (Å²) in [7, 11) is -2.20. The molecule has 0 aromatic heterocycles. The lowest BCUT2D eigenvalue weighted by Gasteiger charge is -2.14. The molecule has 0 unspecified atom stereocenters. The summed E-state index contributed by atoms with van der Waals surface area (Å²) in [4.78, 5) is 11.3. The summed E-state index contributed by atoms with van der Waals surface area (Å²) >= 11 is 0. The van der Waals surface area contributed by atoms with Crippen molar-refractivity contribution in [3.63, 3.8) is 0 Å². The number of anilines is 1. The predicted octanol–water partition coefficient (Wildman–Crippen LogP) is 1.67. The van der Waals surface area contributed by atoms with Crippen LogP contribution in [-0.2, 0) is 25.1 Å². The Labute approximate surface area is 123 Å². The van der Waals surface area contributed by atoms with Gasteiger partial charge in [0.25, 0.3) is 0 Å². The minimum atomic E-state index is -3.48. The second kappa shape index (κ2) is 5.63. The van der Waals surface area contributed by atoms with Crippen molar-refractivity contribution in [1.29, 1.82) is 0 Å². The van der Waals surface area contributed by atoms with Gasteiger partial charge >= 0.3 is 5.97 Å². The summed E-state index contributed by atoms with van der Waals surface area (Å²) in [5, 5.41) is 0. The van der Waals surface area contributed by atoms with Gasteiger partial charge in [0.1, 0.15) is 5.82 Å². The van der Waals surface area contributed by atoms with Crippen molar-refractivity contribution >= 4 is 21.5 Å². The first-order valence-electron chi connectivity index (χ1n) is 6.56. The van der Waals surface area contributed by atoms with Crippen molar-refractivity contribution in [3.8, 4) is 0 Å². The molecule has 5 nitrogen and oxygen atoms in total. The minimum Gasteiger partial charge on any atom is -0.469 e. The van der Waals surface area contributed by atoms with Crippen LogP contribution in [0, 0.1) is 11.2 Å². The first-order chi connectivity index (χ1) is 9.75. The zero-order chi connectivity index (χ0) is 15.7. The minimum absolute atomic E-state index is 0.0986. The summed E-state index contributed by atoms with van der Waals surface area (Å²) in [6.07, 6.45) is 1.46. The second-order valence-corrected chi connectivity index (χ2v) is 7.69. The van der Waals surface area contributed by atoms with Gasteiger partial charge in [0.2, 0.25) is 0 Å². The first-order valence-corrected chi connectivity index (χ1v) is 8.39. The third kappa shape index (κ3) is 4.17. The van der Waals surface area contributed by atoms with Gasteiger partial charge in [-0.2, -0.15) is 0 Å². The SMILES string of the molecule is COC(=O)CC1(CS(=O)(=O)Cc2cc(F)ccc2N)CC1. The quantitative estimate of drug-likeness (QED) is 0.637. The molecule has 0 amide bonds. The predicted molar refractivity (Wildman–Crippen MR) is 76.6 cm³/mol. The van der Waals surface area contributed by atoms with Crippen LogP contribution in [0.4, 0.5) is 10.1 Å². The van der Waals surface area contributed by atoms with Gasteiger partial charge in [-0.25, -0.2) is 12.8 Å². The Balaban J connectivity index is 2.09. The Bertz CT molecular complexity index is 653. The summed E-state index contributed by atoms with van der Waals surface area (Å²) in [6.45, 7) is 0. The highest BCUT2D eigenvalue weighted by Crippen LogP contribution is 2.50. The van der Waals surface area contributed by atoms with Crippen LogP contribution in [-0.4, -0.2) is 27.2 Å². The van der Waals surface area contributed by atoms with Gasteiger partial charge in [-0.05, 0) is 42.0 Å². The third-order valence-corrected chi connectivity index (χ3v) is 5.51. The maximum atomic E-state index is 13.2. The number of ether oxygens (including phenoxy) is 1. The van der Waals surface area contributed by atoms with Gasteiger partial charge in [0.05, 0.1) is 25.0 Å². The lowest BCUT2D eigenvalue weighted by molar-refractivity contribution is -0.141. The number of methoxy groups -OCH3 is 1. The largest absolute Gasteiger partial charge is 0.469 e. The number of hydrogen-bond acceptors (Lipinski definition) is 5. The molecule has 0 atom stereocenters. The molecule has 116 valence electrons. The van der Waals surface area contributed by atoms with E-state index in [9.17, 15) is 17.6 Å². The number of benzene rings is 1. The Morgan fingerprint density at radius 2 is 2.10 bits per heavy atom. The number of nitrogen functional groups attached to an aromatic ring is 1. The van der Waals surface area contributed by atoms with Gasteiger partial charge in [-0.3, -0.25) is 4.79 Å². The van der Waals surface area contributed by atoms with Crippen molar-refractivity contribution in [3.05, 3.63) is 29.6 Å². The Kier molecular flexibility index (Phi) is 4.22. The molecule has 7 heteroatoms. The molecular formula is C14H18FNO4S. The van der Waals surface area contributed by atoms with Crippen molar-refractivity contribution < 1.29 is 22.3 Å². The Morgan fingerprint density at radius 1 is 1.43 bits per heavy atom. The summed E-state index contributed by atoms with van der Waals surface area (Å²) < 4.78 is 42.3. The highest BCUT2D eigenvalue weighted by atomic mass is 32.2. The maximum Gasteiger partial charge on any atom is 0.306 e. The average molecular weight is 315 g/mol. The van der Waals surface area contributed by atoms with E-state index >= 15 is 0 Å². The molecule has 0 aliphatic heterocycles. The maximum absolute atomic E-state index is 13.2. The van der Waals surface area contributed by atoms with Crippen LogP contribution in [0.1, 0.15) is 24.8 Å². The molecule has 1 aliphatic rings. The van der Waals surface area contributed by atoms with E-state index in [-0.39, 0.29) is 29.2 Å². The van der Waals surface area contributed by atoms with Crippen LogP contribution in [0.2, 0.25) is 0 Å². The van der Waals surface area contributed by atoms with Gasteiger partial charge in [-0.15, -0.1) is 0 Å². The van der Waals surface area contributed by atoms with Gasteiger partial charge in [0, 0.05) is 5.69 Å². The Hall–Kier alpha value is -1.63. The number of carbonyl (C=O) groups is 1. The zero-order valence-electron chi connectivity index (χ0n) is 11.8. The number of esters is 1. The topological polar surface area (TPSA) is 86.5 Å². The lowest BCUT2D eigenvalue weighted by Crippen LogP contribution is -2.22. The highest BCUT2D eigenvalue weighted by molar-refractivity contribution is 7.90. The molecule has 0 saturated heterocycles. The highest BCUT2D eigenvalue weighted by Gasteiger charge is 2.47. The van der Waals surface area contributed by atoms with Gasteiger partial charge < -0.3 is 10.5 Å². The molecular weight excluding hydrogens is 297 g/mol. The van der Waals surface area contributed by atoms with Crippen LogP contribution < -0.4 is 5.73 Å². The van der Waals surface area contributed by atoms with E-state index in [1.165, 1.54) is 19.2 Å². The van der Waals surface area contributed by atoms with E-state index in [0.717, 1.165) is 6.07 Å². The fourth-order valence-electron chi connectivity index (χ4n) is 2.38. The number of carbonyl (C=O) groups excluding carboxylic acids is 1. The molecule has 21 heavy (non-hydrogen) atoms. The number of rotatable bonds is 6. The smallest absolute Gasteiger partial charge is 0.306 e. The molecule has 1 aromatic carbocycles. The average Bonchev–Trinajstić information content (AvgIpc) is 3.11. The fourth-order valence-corrected chi connectivity index (χ4v) is 4.53. The third-order valence-electron chi connectivity index (χ3n) is 3.71. The van der Waals surface area contributed by atoms with Crippen LogP contribution in [0.15, 0.2) is 18.2 Å². The molecule has 2 rings (SSSR count). The number of sulfone groups is 1. The molecule has 0 bridgehead atoms. The molecule has 0 heterocycles. The van der Waals surface area contributed by atoms with Crippen molar-refractivity contribution in [2.24, 2.45) is 5.41 Å². The fraction of sp³-hybridized carbons (Fsp3) is 0.500. The van der Waals surface area contributed by atoms with Crippen molar-refractivity contribution in [1.82, 2.24) is 0 Å². The zero-order valence-corrected chi connectivity index (χ0v) is 12.6. The van der Waals surface area contributed by atoms with E-state index < -0.39 is 27.0 Å². The van der Waals surface area contributed by atoms with Crippen LogP contribution in [0.3, 0.4) is 0 Å². The van der Waals surface area contributed by atoms with Gasteiger partial charge in [0.15, 0.2) is 9.84 Å². The monoisotopic (exact) mass is 315 g/mol. The van der Waals surface area contributed by atoms with E-state index in [1.54, 1.807) is 0 Å². The standard InChI is InChI=1S/C14H18FNO4S/c1-20-13(17)7-14(4-5-14)9-21(18,19)8-10-6-11(15)2-3-12(10)16/h2-3,6H,4-5,7-9,16H2,1H3. The number of hydrogen-bond donors (Lipinski definition) is 1. The summed E-state index contributed by atoms with van der Waals surface area (Å²) in [5.41, 5.74) is 5.65. The second-order valence-electron chi connectivity index (χ2n) is 5.63.